The molecule has 0 radical (unpaired) electrons. The van der Waals surface area contributed by atoms with Crippen LogP contribution in [0.2, 0.25) is 5.02 Å². The van der Waals surface area contributed by atoms with Crippen LogP contribution in [0, 0.1) is 6.92 Å². The molecular weight excluding hydrogens is 268 g/mol. The number of benzene rings is 2. The van der Waals surface area contributed by atoms with E-state index in [1.165, 1.54) is 0 Å². The Bertz CT molecular complexity index is 579. The van der Waals surface area contributed by atoms with Crippen LogP contribution in [0.3, 0.4) is 0 Å². The number of rotatable bonds is 3. The average molecular weight is 279 g/mol. The number of halogens is 1. The van der Waals surface area contributed by atoms with Crippen LogP contribution in [0.15, 0.2) is 52.3 Å². The number of hydrogen-bond acceptors (Lipinski definition) is 2. The maximum absolute atomic E-state index is 10.8. The largest absolute Gasteiger partial charge is 0.478 e. The summed E-state index contributed by atoms with van der Waals surface area (Å²) in [6.07, 6.45) is 0. The van der Waals surface area contributed by atoms with Crippen molar-refractivity contribution in [2.24, 2.45) is 0 Å². The van der Waals surface area contributed by atoms with Crippen molar-refractivity contribution in [3.05, 3.63) is 58.6 Å². The molecule has 2 aromatic rings. The second-order valence-electron chi connectivity index (χ2n) is 3.84. The normalized spacial score (nSPS) is 10.3. The number of aromatic carboxylic acids is 1. The Kier molecular flexibility index (Phi) is 3.94. The Labute approximate surface area is 115 Å². The molecule has 2 rings (SSSR count). The maximum atomic E-state index is 10.8. The first-order valence-electron chi connectivity index (χ1n) is 5.33. The summed E-state index contributed by atoms with van der Waals surface area (Å²) >= 11 is 7.42. The number of carbonyl (C=O) groups is 1. The highest BCUT2D eigenvalue weighted by molar-refractivity contribution is 7.99. The highest BCUT2D eigenvalue weighted by atomic mass is 35.5. The van der Waals surface area contributed by atoms with Crippen LogP contribution in [0.5, 0.6) is 0 Å². The van der Waals surface area contributed by atoms with Crippen molar-refractivity contribution in [3.63, 3.8) is 0 Å². The molecule has 0 saturated heterocycles. The lowest BCUT2D eigenvalue weighted by Crippen LogP contribution is -1.96. The van der Waals surface area contributed by atoms with Gasteiger partial charge in [0.05, 0.1) is 5.56 Å². The Morgan fingerprint density at radius 3 is 2.39 bits per heavy atom. The summed E-state index contributed by atoms with van der Waals surface area (Å²) in [5, 5.41) is 9.60. The number of carboxylic acid groups (broad SMARTS) is 1. The monoisotopic (exact) mass is 278 g/mol. The number of aryl methyl sites for hydroxylation is 1. The second kappa shape index (κ2) is 5.46. The maximum Gasteiger partial charge on any atom is 0.335 e. The van der Waals surface area contributed by atoms with E-state index in [2.05, 4.69) is 0 Å². The molecule has 0 spiro atoms. The molecule has 2 aromatic carbocycles. The van der Waals surface area contributed by atoms with Gasteiger partial charge >= 0.3 is 5.97 Å². The topological polar surface area (TPSA) is 37.3 Å². The fourth-order valence-corrected chi connectivity index (χ4v) is 2.53. The van der Waals surface area contributed by atoms with Crippen molar-refractivity contribution in [1.29, 1.82) is 0 Å². The minimum absolute atomic E-state index is 0.313. The zero-order valence-corrected chi connectivity index (χ0v) is 11.3. The molecule has 92 valence electrons. The van der Waals surface area contributed by atoms with Gasteiger partial charge in [0.25, 0.3) is 0 Å². The molecule has 1 N–H and O–H groups in total. The molecule has 0 atom stereocenters. The molecule has 0 aromatic heterocycles. The lowest BCUT2D eigenvalue weighted by atomic mass is 10.1. The van der Waals surface area contributed by atoms with Gasteiger partial charge in [0.2, 0.25) is 0 Å². The van der Waals surface area contributed by atoms with Crippen molar-refractivity contribution in [3.8, 4) is 0 Å². The third-order valence-electron chi connectivity index (χ3n) is 2.46. The van der Waals surface area contributed by atoms with Crippen molar-refractivity contribution < 1.29 is 9.90 Å². The van der Waals surface area contributed by atoms with Crippen molar-refractivity contribution >= 4 is 29.3 Å². The van der Waals surface area contributed by atoms with Gasteiger partial charge < -0.3 is 5.11 Å². The molecule has 0 amide bonds. The van der Waals surface area contributed by atoms with E-state index in [-0.39, 0.29) is 0 Å². The van der Waals surface area contributed by atoms with E-state index in [9.17, 15) is 4.79 Å². The van der Waals surface area contributed by atoms with E-state index in [0.717, 1.165) is 15.4 Å². The van der Waals surface area contributed by atoms with Crippen LogP contribution in [-0.4, -0.2) is 11.1 Å². The summed E-state index contributed by atoms with van der Waals surface area (Å²) < 4.78 is 0. The van der Waals surface area contributed by atoms with E-state index >= 15 is 0 Å². The third kappa shape index (κ3) is 3.06. The number of carboxylic acids is 1. The summed E-state index contributed by atoms with van der Waals surface area (Å²) in [4.78, 5) is 13.0. The standard InChI is InChI=1S/C14H11ClO2S/c1-9-8-10(14(16)17)2-7-13(9)18-12-5-3-11(15)4-6-12/h2-8H,1H3,(H,16,17). The molecule has 0 heterocycles. The van der Waals surface area contributed by atoms with Crippen molar-refractivity contribution in [2.45, 2.75) is 16.7 Å². The second-order valence-corrected chi connectivity index (χ2v) is 5.39. The highest BCUT2D eigenvalue weighted by Gasteiger charge is 2.06. The van der Waals surface area contributed by atoms with Gasteiger partial charge in [0.15, 0.2) is 0 Å². The molecule has 0 aliphatic rings. The predicted molar refractivity (Wildman–Crippen MR) is 73.7 cm³/mol. The zero-order valence-electron chi connectivity index (χ0n) is 9.68. The first-order chi connectivity index (χ1) is 8.56. The van der Waals surface area contributed by atoms with Crippen molar-refractivity contribution in [2.75, 3.05) is 0 Å². The van der Waals surface area contributed by atoms with Gasteiger partial charge in [0.1, 0.15) is 0 Å². The van der Waals surface area contributed by atoms with E-state index in [1.807, 2.05) is 37.3 Å². The third-order valence-corrected chi connectivity index (χ3v) is 3.90. The Balaban J connectivity index is 2.24. The van der Waals surface area contributed by atoms with Crippen LogP contribution in [-0.2, 0) is 0 Å². The quantitative estimate of drug-likeness (QED) is 0.898. The van der Waals surface area contributed by atoms with Gasteiger partial charge in [-0.2, -0.15) is 0 Å². The fraction of sp³-hybridized carbons (Fsp3) is 0.0714. The summed E-state index contributed by atoms with van der Waals surface area (Å²) in [6, 6.07) is 12.7. The molecule has 0 unspecified atom stereocenters. The Hall–Kier alpha value is -1.45. The smallest absolute Gasteiger partial charge is 0.335 e. The van der Waals surface area contributed by atoms with Gasteiger partial charge in [-0.15, -0.1) is 0 Å². The molecular formula is C14H11ClO2S. The minimum atomic E-state index is -0.902. The first kappa shape index (κ1) is 13.0. The zero-order chi connectivity index (χ0) is 13.1. The molecule has 0 aliphatic heterocycles. The van der Waals surface area contributed by atoms with Crippen LogP contribution in [0.25, 0.3) is 0 Å². The van der Waals surface area contributed by atoms with Gasteiger partial charge in [-0.3, -0.25) is 0 Å². The lowest BCUT2D eigenvalue weighted by molar-refractivity contribution is 0.0696. The summed E-state index contributed by atoms with van der Waals surface area (Å²) in [7, 11) is 0. The Morgan fingerprint density at radius 1 is 1.17 bits per heavy atom. The van der Waals surface area contributed by atoms with Crippen LogP contribution < -0.4 is 0 Å². The van der Waals surface area contributed by atoms with E-state index in [0.29, 0.717) is 10.6 Å². The van der Waals surface area contributed by atoms with Gasteiger partial charge in [0, 0.05) is 14.8 Å². The van der Waals surface area contributed by atoms with Gasteiger partial charge in [-0.05, 0) is 55.0 Å². The Morgan fingerprint density at radius 2 is 1.83 bits per heavy atom. The van der Waals surface area contributed by atoms with E-state index < -0.39 is 5.97 Å². The van der Waals surface area contributed by atoms with Crippen LogP contribution >= 0.6 is 23.4 Å². The van der Waals surface area contributed by atoms with Crippen molar-refractivity contribution in [1.82, 2.24) is 0 Å². The van der Waals surface area contributed by atoms with E-state index in [4.69, 9.17) is 16.7 Å². The minimum Gasteiger partial charge on any atom is -0.478 e. The molecule has 4 heteroatoms. The molecule has 0 aliphatic carbocycles. The fourth-order valence-electron chi connectivity index (χ4n) is 1.53. The SMILES string of the molecule is Cc1cc(C(=O)O)ccc1Sc1ccc(Cl)cc1. The first-order valence-corrected chi connectivity index (χ1v) is 6.53. The molecule has 18 heavy (non-hydrogen) atoms. The number of hydrogen-bond donors (Lipinski definition) is 1. The molecule has 0 bridgehead atoms. The average Bonchev–Trinajstić information content (AvgIpc) is 2.34. The van der Waals surface area contributed by atoms with Crippen LogP contribution in [0.4, 0.5) is 0 Å². The summed E-state index contributed by atoms with van der Waals surface area (Å²) in [5.41, 5.74) is 1.27. The molecule has 2 nitrogen and oxygen atoms in total. The van der Waals surface area contributed by atoms with E-state index in [1.54, 1.807) is 23.9 Å². The van der Waals surface area contributed by atoms with Gasteiger partial charge in [-0.1, -0.05) is 23.4 Å². The summed E-state index contributed by atoms with van der Waals surface area (Å²) in [6.45, 7) is 1.91. The van der Waals surface area contributed by atoms with Gasteiger partial charge in [-0.25, -0.2) is 4.79 Å². The molecule has 0 saturated carbocycles. The predicted octanol–water partition coefficient (Wildman–Crippen LogP) is 4.50. The highest BCUT2D eigenvalue weighted by Crippen LogP contribution is 2.31. The van der Waals surface area contributed by atoms with Crippen LogP contribution in [0.1, 0.15) is 15.9 Å². The summed E-state index contributed by atoms with van der Waals surface area (Å²) in [5.74, 6) is -0.902. The molecule has 0 fully saturated rings. The lowest BCUT2D eigenvalue weighted by Gasteiger charge is -2.06.